The van der Waals surface area contributed by atoms with Gasteiger partial charge in [0.15, 0.2) is 5.82 Å². The molecule has 1 heterocycles. The van der Waals surface area contributed by atoms with Crippen LogP contribution in [0.2, 0.25) is 0 Å². The van der Waals surface area contributed by atoms with Gasteiger partial charge in [-0.1, -0.05) is 0 Å². The highest BCUT2D eigenvalue weighted by molar-refractivity contribution is 5.91. The monoisotopic (exact) mass is 355 g/mol. The van der Waals surface area contributed by atoms with Crippen molar-refractivity contribution in [3.8, 4) is 11.4 Å². The van der Waals surface area contributed by atoms with Crippen LogP contribution in [0.3, 0.4) is 0 Å². The van der Waals surface area contributed by atoms with Crippen molar-refractivity contribution in [1.82, 2.24) is 15.2 Å². The number of hydrogen-bond donors (Lipinski definition) is 3. The highest BCUT2D eigenvalue weighted by atomic mass is 35.5. The van der Waals surface area contributed by atoms with Gasteiger partial charge in [-0.25, -0.2) is 4.98 Å². The molecule has 132 valence electrons. The third kappa shape index (κ3) is 6.25. The van der Waals surface area contributed by atoms with Crippen LogP contribution in [0.1, 0.15) is 12.7 Å². The standard InChI is InChI=1S/C15H21N5O3.ClH/c1-2-22-7-8-23-10-14(21)17-12-5-3-11(4-6-12)15-18-13(9-16)19-20-15;/h3-6H,2,7-10,16H2,1H3,(H,17,21)(H,18,19,20);1H. The second kappa shape index (κ2) is 10.7. The maximum Gasteiger partial charge on any atom is 0.250 e. The number of nitrogens with zero attached hydrogens (tertiary/aromatic N) is 2. The zero-order chi connectivity index (χ0) is 16.5. The molecule has 0 bridgehead atoms. The Bertz CT molecular complexity index is 618. The first-order chi connectivity index (χ1) is 11.2. The van der Waals surface area contributed by atoms with Crippen LogP contribution in [-0.4, -0.2) is 47.5 Å². The number of aromatic nitrogens is 3. The van der Waals surface area contributed by atoms with Crippen LogP contribution >= 0.6 is 12.4 Å². The molecule has 0 aliphatic rings. The van der Waals surface area contributed by atoms with Crippen LogP contribution in [0.5, 0.6) is 0 Å². The van der Waals surface area contributed by atoms with Crippen LogP contribution in [0.25, 0.3) is 11.4 Å². The van der Waals surface area contributed by atoms with E-state index in [9.17, 15) is 4.79 Å². The van der Waals surface area contributed by atoms with Crippen molar-refractivity contribution in [1.29, 1.82) is 0 Å². The maximum absolute atomic E-state index is 11.7. The van der Waals surface area contributed by atoms with Crippen LogP contribution in [0.15, 0.2) is 24.3 Å². The highest BCUT2D eigenvalue weighted by Crippen LogP contribution is 2.17. The van der Waals surface area contributed by atoms with Gasteiger partial charge in [0, 0.05) is 17.9 Å². The Balaban J connectivity index is 0.00000288. The van der Waals surface area contributed by atoms with Gasteiger partial charge < -0.3 is 20.5 Å². The van der Waals surface area contributed by atoms with Gasteiger partial charge in [-0.15, -0.1) is 12.4 Å². The molecule has 2 rings (SSSR count). The van der Waals surface area contributed by atoms with Gasteiger partial charge in [-0.2, -0.15) is 5.10 Å². The van der Waals surface area contributed by atoms with E-state index in [0.29, 0.717) is 43.7 Å². The first-order valence-electron chi connectivity index (χ1n) is 7.40. The molecule has 1 aromatic carbocycles. The molecule has 2 aromatic rings. The third-order valence-corrected chi connectivity index (χ3v) is 2.96. The summed E-state index contributed by atoms with van der Waals surface area (Å²) in [6, 6.07) is 7.22. The molecule has 0 aliphatic carbocycles. The lowest BCUT2D eigenvalue weighted by atomic mass is 10.2. The molecule has 0 saturated heterocycles. The molecule has 0 atom stereocenters. The number of carbonyl (C=O) groups is 1. The fraction of sp³-hybridized carbons (Fsp3) is 0.400. The molecule has 1 aromatic heterocycles. The van der Waals surface area contributed by atoms with E-state index in [1.807, 2.05) is 19.1 Å². The zero-order valence-electron chi connectivity index (χ0n) is 13.4. The average Bonchev–Trinajstić information content (AvgIpc) is 3.04. The topological polar surface area (TPSA) is 115 Å². The molecule has 0 radical (unpaired) electrons. The predicted molar refractivity (Wildman–Crippen MR) is 92.9 cm³/mol. The molecule has 24 heavy (non-hydrogen) atoms. The number of halogens is 1. The van der Waals surface area contributed by atoms with Gasteiger partial charge >= 0.3 is 0 Å². The third-order valence-electron chi connectivity index (χ3n) is 2.96. The molecule has 8 nitrogen and oxygen atoms in total. The van der Waals surface area contributed by atoms with Gasteiger partial charge in [0.05, 0.1) is 19.8 Å². The number of rotatable bonds is 9. The Morgan fingerprint density at radius 1 is 1.25 bits per heavy atom. The summed E-state index contributed by atoms with van der Waals surface area (Å²) < 4.78 is 10.3. The van der Waals surface area contributed by atoms with Crippen molar-refractivity contribution in [2.24, 2.45) is 5.73 Å². The Labute approximate surface area is 146 Å². The number of hydrogen-bond acceptors (Lipinski definition) is 6. The molecule has 0 fully saturated rings. The van der Waals surface area contributed by atoms with Gasteiger partial charge in [-0.05, 0) is 31.2 Å². The molecule has 0 spiro atoms. The number of ether oxygens (including phenoxy) is 2. The Hall–Kier alpha value is -2.00. The van der Waals surface area contributed by atoms with Crippen LogP contribution in [0, 0.1) is 0 Å². The smallest absolute Gasteiger partial charge is 0.250 e. The number of amides is 1. The number of H-pyrrole nitrogens is 1. The van der Waals surface area contributed by atoms with E-state index < -0.39 is 0 Å². The van der Waals surface area contributed by atoms with E-state index in [4.69, 9.17) is 15.2 Å². The summed E-state index contributed by atoms with van der Waals surface area (Å²) in [6.45, 7) is 3.74. The lowest BCUT2D eigenvalue weighted by Crippen LogP contribution is -2.19. The molecular weight excluding hydrogens is 334 g/mol. The Morgan fingerprint density at radius 2 is 1.96 bits per heavy atom. The van der Waals surface area contributed by atoms with E-state index in [0.717, 1.165) is 5.56 Å². The van der Waals surface area contributed by atoms with E-state index in [2.05, 4.69) is 20.5 Å². The second-order valence-corrected chi connectivity index (χ2v) is 4.68. The normalized spacial score (nSPS) is 10.2. The molecule has 1 amide bonds. The maximum atomic E-state index is 11.7. The number of nitrogens with one attached hydrogen (secondary N) is 2. The quantitative estimate of drug-likeness (QED) is 0.585. The summed E-state index contributed by atoms with van der Waals surface area (Å²) in [6.07, 6.45) is 0. The minimum absolute atomic E-state index is 0. The first-order valence-corrected chi connectivity index (χ1v) is 7.40. The summed E-state index contributed by atoms with van der Waals surface area (Å²) >= 11 is 0. The largest absolute Gasteiger partial charge is 0.379 e. The number of benzene rings is 1. The molecule has 0 saturated carbocycles. The van der Waals surface area contributed by atoms with Crippen LogP contribution in [0.4, 0.5) is 5.69 Å². The SMILES string of the molecule is CCOCCOCC(=O)Nc1ccc(-c2n[nH]c(CN)n2)cc1.Cl. The summed E-state index contributed by atoms with van der Waals surface area (Å²) in [5.74, 6) is 0.988. The molecule has 4 N–H and O–H groups in total. The summed E-state index contributed by atoms with van der Waals surface area (Å²) in [5, 5.41) is 9.59. The van der Waals surface area contributed by atoms with E-state index >= 15 is 0 Å². The first kappa shape index (κ1) is 20.0. The minimum Gasteiger partial charge on any atom is -0.379 e. The number of aromatic amines is 1. The summed E-state index contributed by atoms with van der Waals surface area (Å²) in [5.41, 5.74) is 7.01. The van der Waals surface area contributed by atoms with Crippen molar-refractivity contribution < 1.29 is 14.3 Å². The molecule has 0 unspecified atom stereocenters. The Kier molecular flexibility index (Phi) is 8.95. The number of nitrogens with two attached hydrogens (primary N) is 1. The highest BCUT2D eigenvalue weighted by Gasteiger charge is 2.06. The van der Waals surface area contributed by atoms with E-state index in [1.54, 1.807) is 12.1 Å². The minimum atomic E-state index is -0.211. The van der Waals surface area contributed by atoms with Gasteiger partial charge in [0.25, 0.3) is 0 Å². The van der Waals surface area contributed by atoms with Crippen molar-refractivity contribution in [2.45, 2.75) is 13.5 Å². The molecule has 9 heteroatoms. The second-order valence-electron chi connectivity index (χ2n) is 4.68. The van der Waals surface area contributed by atoms with Gasteiger partial charge in [-0.3, -0.25) is 9.89 Å². The summed E-state index contributed by atoms with van der Waals surface area (Å²) in [4.78, 5) is 16.0. The fourth-order valence-corrected chi connectivity index (χ4v) is 1.84. The van der Waals surface area contributed by atoms with Crippen LogP contribution < -0.4 is 11.1 Å². The van der Waals surface area contributed by atoms with Crippen molar-refractivity contribution in [3.05, 3.63) is 30.1 Å². The lowest BCUT2D eigenvalue weighted by Gasteiger charge is -2.07. The molecule has 0 aliphatic heterocycles. The van der Waals surface area contributed by atoms with Gasteiger partial charge in [0.2, 0.25) is 5.91 Å². The summed E-state index contributed by atoms with van der Waals surface area (Å²) in [7, 11) is 0. The molecular formula is C15H22ClN5O3. The number of carbonyl (C=O) groups excluding carboxylic acids is 1. The predicted octanol–water partition coefficient (Wildman–Crippen LogP) is 1.34. The van der Waals surface area contributed by atoms with Crippen molar-refractivity contribution in [2.75, 3.05) is 31.7 Å². The van der Waals surface area contributed by atoms with Crippen molar-refractivity contribution in [3.63, 3.8) is 0 Å². The van der Waals surface area contributed by atoms with Crippen LogP contribution in [-0.2, 0) is 20.8 Å². The Morgan fingerprint density at radius 3 is 2.58 bits per heavy atom. The van der Waals surface area contributed by atoms with Crippen molar-refractivity contribution >= 4 is 24.0 Å². The number of anilines is 1. The lowest BCUT2D eigenvalue weighted by molar-refractivity contribution is -0.121. The average molecular weight is 356 g/mol. The van der Waals surface area contributed by atoms with Gasteiger partial charge in [0.1, 0.15) is 12.4 Å². The zero-order valence-corrected chi connectivity index (χ0v) is 14.3. The fourth-order valence-electron chi connectivity index (χ4n) is 1.84. The van der Waals surface area contributed by atoms with E-state index in [-0.39, 0.29) is 24.9 Å². The van der Waals surface area contributed by atoms with E-state index in [1.165, 1.54) is 0 Å².